The van der Waals surface area contributed by atoms with E-state index in [1.54, 1.807) is 24.4 Å². The Balaban J connectivity index is 1.16. The zero-order valence-corrected chi connectivity index (χ0v) is 29.9. The summed E-state index contributed by atoms with van der Waals surface area (Å²) >= 11 is 0. The number of hydrogen-bond donors (Lipinski definition) is 0. The van der Waals surface area contributed by atoms with Crippen molar-refractivity contribution in [2.45, 2.75) is 42.3 Å². The number of amides is 1. The van der Waals surface area contributed by atoms with E-state index < -0.39 is 21.5 Å². The van der Waals surface area contributed by atoms with Crippen LogP contribution in [0.5, 0.6) is 17.4 Å². The van der Waals surface area contributed by atoms with Gasteiger partial charge in [-0.1, -0.05) is 0 Å². The minimum Gasteiger partial charge on any atom is -0.497 e. The van der Waals surface area contributed by atoms with E-state index >= 15 is 4.79 Å². The Bertz CT molecular complexity index is 1990. The average Bonchev–Trinajstić information content (AvgIpc) is 3.35. The van der Waals surface area contributed by atoms with Gasteiger partial charge in [0.15, 0.2) is 5.54 Å². The van der Waals surface area contributed by atoms with Crippen LogP contribution in [0.15, 0.2) is 59.6 Å². The second-order valence-corrected chi connectivity index (χ2v) is 15.9. The van der Waals surface area contributed by atoms with E-state index in [1.165, 1.54) is 44.6 Å². The van der Waals surface area contributed by atoms with Crippen LogP contribution in [0.25, 0.3) is 0 Å². The monoisotopic (exact) mass is 714 g/mol. The number of anilines is 1. The Hall–Kier alpha value is -4.26. The molecule has 4 saturated heterocycles. The molecule has 4 fully saturated rings. The summed E-state index contributed by atoms with van der Waals surface area (Å²) in [5.41, 5.74) is 0.0317. The van der Waals surface area contributed by atoms with Gasteiger partial charge in [0.1, 0.15) is 16.4 Å². The standard InChI is InChI=1S/C37H42N6O7S/c1-4-50-34-29(6-5-13-39-34)37(42-19-27(20-42)40-14-11-26(12-15-40)41-21-36(22-41)23-49-24-36)30-16-25(18-38)7-9-31(30)43(35(37)44)51(45,46)33-10-8-28(47-2)17-32(33)48-3/h5-10,13,16-17,26-27H,4,11-12,14-15,19-24H2,1-3H3/t37-/m1/s1. The summed E-state index contributed by atoms with van der Waals surface area (Å²) < 4.78 is 52.6. The molecule has 1 amide bonds. The third kappa shape index (κ3) is 5.20. The van der Waals surface area contributed by atoms with Crippen molar-refractivity contribution in [2.24, 2.45) is 5.41 Å². The fraction of sp³-hybridized carbons (Fsp3) is 0.486. The average molecular weight is 715 g/mol. The van der Waals surface area contributed by atoms with Gasteiger partial charge in [0.25, 0.3) is 15.9 Å². The van der Waals surface area contributed by atoms with Gasteiger partial charge in [-0.25, -0.2) is 17.7 Å². The van der Waals surface area contributed by atoms with Crippen molar-refractivity contribution in [2.75, 3.05) is 77.6 Å². The van der Waals surface area contributed by atoms with Crippen molar-refractivity contribution in [3.05, 3.63) is 71.4 Å². The Morgan fingerprint density at radius 2 is 1.75 bits per heavy atom. The summed E-state index contributed by atoms with van der Waals surface area (Å²) in [6.45, 7) is 9.06. The van der Waals surface area contributed by atoms with Crippen LogP contribution in [0.4, 0.5) is 5.69 Å². The fourth-order valence-corrected chi connectivity index (χ4v) is 10.2. The third-order valence-electron chi connectivity index (χ3n) is 11.3. The summed E-state index contributed by atoms with van der Waals surface area (Å²) in [6.07, 6.45) is 3.75. The van der Waals surface area contributed by atoms with Crippen molar-refractivity contribution in [1.29, 1.82) is 5.26 Å². The lowest BCUT2D eigenvalue weighted by molar-refractivity contribution is -0.202. The zero-order chi connectivity index (χ0) is 35.5. The summed E-state index contributed by atoms with van der Waals surface area (Å²) in [4.78, 5) is 26.8. The van der Waals surface area contributed by atoms with E-state index in [2.05, 4.69) is 20.9 Å². The molecule has 268 valence electrons. The Morgan fingerprint density at radius 1 is 0.980 bits per heavy atom. The van der Waals surface area contributed by atoms with Crippen LogP contribution in [0.1, 0.15) is 36.5 Å². The first-order valence-electron chi connectivity index (χ1n) is 17.4. The first kappa shape index (κ1) is 33.9. The summed E-state index contributed by atoms with van der Waals surface area (Å²) in [5, 5.41) is 10.0. The first-order chi connectivity index (χ1) is 24.7. The van der Waals surface area contributed by atoms with Gasteiger partial charge in [0, 0.05) is 80.2 Å². The predicted octanol–water partition coefficient (Wildman–Crippen LogP) is 2.83. The molecular weight excluding hydrogens is 673 g/mol. The van der Waals surface area contributed by atoms with Crippen LogP contribution in [0.3, 0.4) is 0 Å². The largest absolute Gasteiger partial charge is 0.497 e. The van der Waals surface area contributed by atoms with Crippen LogP contribution in [0, 0.1) is 16.7 Å². The van der Waals surface area contributed by atoms with Crippen molar-refractivity contribution in [3.63, 3.8) is 0 Å². The van der Waals surface area contributed by atoms with Crippen molar-refractivity contribution >= 4 is 21.6 Å². The molecule has 51 heavy (non-hydrogen) atoms. The Morgan fingerprint density at radius 3 is 2.39 bits per heavy atom. The van der Waals surface area contributed by atoms with Crippen LogP contribution in [0.2, 0.25) is 0 Å². The minimum absolute atomic E-state index is 0.0352. The molecule has 1 spiro atoms. The molecule has 3 aromatic rings. The summed E-state index contributed by atoms with van der Waals surface area (Å²) in [6, 6.07) is 15.5. The third-order valence-corrected chi connectivity index (χ3v) is 13.1. The highest BCUT2D eigenvalue weighted by Crippen LogP contribution is 2.54. The normalized spacial score (nSPS) is 24.0. The molecule has 13 nitrogen and oxygen atoms in total. The molecule has 0 unspecified atom stereocenters. The maximum atomic E-state index is 15.4. The number of pyridine rings is 1. The van der Waals surface area contributed by atoms with Gasteiger partial charge in [-0.15, -0.1) is 0 Å². The molecule has 8 rings (SSSR count). The molecule has 1 atom stereocenters. The van der Waals surface area contributed by atoms with Gasteiger partial charge in [-0.05, 0) is 62.2 Å². The van der Waals surface area contributed by atoms with Gasteiger partial charge in [0.05, 0.1) is 51.4 Å². The van der Waals surface area contributed by atoms with E-state index in [4.69, 9.17) is 18.9 Å². The van der Waals surface area contributed by atoms with Gasteiger partial charge >= 0.3 is 0 Å². The Labute approximate surface area is 298 Å². The minimum atomic E-state index is -4.55. The Kier molecular flexibility index (Phi) is 8.46. The molecule has 1 aromatic heterocycles. The number of benzene rings is 2. The molecule has 14 heteroatoms. The zero-order valence-electron chi connectivity index (χ0n) is 29.1. The van der Waals surface area contributed by atoms with Crippen molar-refractivity contribution in [3.8, 4) is 23.4 Å². The van der Waals surface area contributed by atoms with E-state index in [1.807, 2.05) is 11.8 Å². The number of hydrogen-bond acceptors (Lipinski definition) is 12. The number of carbonyl (C=O) groups is 1. The van der Waals surface area contributed by atoms with E-state index in [9.17, 15) is 13.7 Å². The lowest BCUT2D eigenvalue weighted by atomic mass is 9.76. The number of nitriles is 1. The number of aromatic nitrogens is 1. The number of fused-ring (bicyclic) bond motifs is 1. The fourth-order valence-electron chi connectivity index (χ4n) is 8.65. The smallest absolute Gasteiger partial charge is 0.274 e. The highest BCUT2D eigenvalue weighted by Gasteiger charge is 2.63. The number of nitrogens with zero attached hydrogens (tertiary/aromatic N) is 6. The topological polar surface area (TPSA) is 138 Å². The molecule has 5 aliphatic heterocycles. The van der Waals surface area contributed by atoms with Gasteiger partial charge < -0.3 is 18.9 Å². The number of methoxy groups -OCH3 is 2. The van der Waals surface area contributed by atoms with Gasteiger partial charge in [-0.2, -0.15) is 5.26 Å². The van der Waals surface area contributed by atoms with Crippen LogP contribution in [-0.2, 0) is 25.1 Å². The van der Waals surface area contributed by atoms with E-state index in [0.717, 1.165) is 56.5 Å². The number of likely N-dealkylation sites (tertiary alicyclic amines) is 3. The van der Waals surface area contributed by atoms with Crippen LogP contribution in [-0.4, -0.2) is 119 Å². The lowest BCUT2D eigenvalue weighted by Gasteiger charge is -2.59. The van der Waals surface area contributed by atoms with Gasteiger partial charge in [-0.3, -0.25) is 19.5 Å². The summed E-state index contributed by atoms with van der Waals surface area (Å²) in [7, 11) is -1.71. The number of piperidine rings is 1. The summed E-state index contributed by atoms with van der Waals surface area (Å²) in [5.74, 6) is -0.0196. The highest BCUT2D eigenvalue weighted by molar-refractivity contribution is 7.93. The predicted molar refractivity (Wildman–Crippen MR) is 186 cm³/mol. The number of rotatable bonds is 10. The second-order valence-electron chi connectivity index (χ2n) is 14.2. The maximum absolute atomic E-state index is 15.4. The SMILES string of the molecule is CCOc1ncccc1[C@]1(N2CC(N3CCC(N4CC5(COC5)C4)CC3)C2)C(=O)N(S(=O)(=O)c2ccc(OC)cc2OC)c2ccc(C#N)cc21. The van der Waals surface area contributed by atoms with Crippen molar-refractivity contribution < 1.29 is 32.2 Å². The highest BCUT2D eigenvalue weighted by atomic mass is 32.2. The first-order valence-corrected chi connectivity index (χ1v) is 18.9. The molecular formula is C37H42N6O7S. The molecule has 2 aromatic carbocycles. The molecule has 0 saturated carbocycles. The molecule has 5 aliphatic rings. The maximum Gasteiger partial charge on any atom is 0.274 e. The molecule has 0 aliphatic carbocycles. The number of ether oxygens (including phenoxy) is 4. The van der Waals surface area contributed by atoms with Crippen LogP contribution >= 0.6 is 0 Å². The quantitative estimate of drug-likeness (QED) is 0.305. The van der Waals surface area contributed by atoms with E-state index in [0.29, 0.717) is 47.0 Å². The van der Waals surface area contributed by atoms with E-state index in [-0.39, 0.29) is 34.9 Å². The number of sulfonamides is 1. The van der Waals surface area contributed by atoms with Crippen molar-refractivity contribution in [1.82, 2.24) is 19.7 Å². The van der Waals surface area contributed by atoms with Crippen LogP contribution < -0.4 is 18.5 Å². The lowest BCUT2D eigenvalue weighted by Crippen LogP contribution is -2.71. The number of carbonyl (C=O) groups excluding carboxylic acids is 1. The molecule has 6 heterocycles. The second kappa shape index (κ2) is 12.8. The molecule has 0 N–H and O–H groups in total. The van der Waals surface area contributed by atoms with Gasteiger partial charge in [0.2, 0.25) is 5.88 Å². The molecule has 0 bridgehead atoms. The molecule has 0 radical (unpaired) electrons.